The van der Waals surface area contributed by atoms with E-state index in [4.69, 9.17) is 18.8 Å². The molecule has 0 aliphatic carbocycles. The Balaban J connectivity index is 2.27. The molecule has 0 bridgehead atoms. The van der Waals surface area contributed by atoms with Crippen LogP contribution in [-0.2, 0) is 23.6 Å². The molecule has 0 spiro atoms. The number of esters is 1. The molecule has 2 aliphatic rings. The van der Waals surface area contributed by atoms with Gasteiger partial charge in [0.1, 0.15) is 17.2 Å². The van der Waals surface area contributed by atoms with Crippen molar-refractivity contribution in [2.45, 2.75) is 104 Å². The lowest BCUT2D eigenvalue weighted by Crippen LogP contribution is -2.52. The lowest BCUT2D eigenvalue weighted by Gasteiger charge is -2.36. The van der Waals surface area contributed by atoms with Crippen LogP contribution in [0.5, 0.6) is 0 Å². The van der Waals surface area contributed by atoms with Crippen LogP contribution < -0.4 is 0 Å². The maximum absolute atomic E-state index is 12.9. The summed E-state index contributed by atoms with van der Waals surface area (Å²) in [6, 6.07) is -0.803. The number of hydrogen-bond acceptors (Lipinski definition) is 6. The van der Waals surface area contributed by atoms with Gasteiger partial charge in [-0.2, -0.15) is 0 Å². The number of amides is 1. The number of nitrogens with zero attached hydrogens (tertiary/aromatic N) is 1. The van der Waals surface area contributed by atoms with Gasteiger partial charge in [0, 0.05) is 6.54 Å². The second-order valence-corrected chi connectivity index (χ2v) is 10.8. The van der Waals surface area contributed by atoms with Gasteiger partial charge >= 0.3 is 19.2 Å². The van der Waals surface area contributed by atoms with Gasteiger partial charge in [0.25, 0.3) is 0 Å². The Morgan fingerprint density at radius 1 is 1.00 bits per heavy atom. The number of ether oxygens (including phenoxy) is 2. The highest BCUT2D eigenvalue weighted by molar-refractivity contribution is 6.54. The quantitative estimate of drug-likeness (QED) is 0.509. The zero-order chi connectivity index (χ0) is 22.4. The highest BCUT2D eigenvalue weighted by Gasteiger charge is 2.53. The zero-order valence-electron chi connectivity index (χ0n) is 19.5. The molecule has 1 saturated heterocycles. The fourth-order valence-corrected chi connectivity index (χ4v) is 3.05. The Morgan fingerprint density at radius 2 is 1.48 bits per heavy atom. The molecular formula is C21H36BNO6. The molecule has 1 unspecified atom stereocenters. The molecule has 2 aliphatic heterocycles. The first kappa shape index (κ1) is 23.7. The topological polar surface area (TPSA) is 74.3 Å². The fourth-order valence-electron chi connectivity index (χ4n) is 3.05. The first-order valence-electron chi connectivity index (χ1n) is 10.2. The van der Waals surface area contributed by atoms with E-state index in [1.165, 1.54) is 4.90 Å². The second-order valence-electron chi connectivity index (χ2n) is 10.8. The van der Waals surface area contributed by atoms with E-state index in [0.717, 1.165) is 5.47 Å². The predicted octanol–water partition coefficient (Wildman–Crippen LogP) is 3.90. The van der Waals surface area contributed by atoms with Crippen molar-refractivity contribution in [2.75, 3.05) is 6.54 Å². The molecule has 2 heterocycles. The third-order valence-corrected chi connectivity index (χ3v) is 5.22. The van der Waals surface area contributed by atoms with E-state index < -0.39 is 47.6 Å². The Morgan fingerprint density at radius 3 is 1.93 bits per heavy atom. The van der Waals surface area contributed by atoms with E-state index in [2.05, 4.69) is 0 Å². The molecule has 0 aromatic heterocycles. The van der Waals surface area contributed by atoms with Crippen molar-refractivity contribution in [3.8, 4) is 0 Å². The maximum atomic E-state index is 12.9. The van der Waals surface area contributed by atoms with Crippen molar-refractivity contribution in [3.63, 3.8) is 0 Å². The minimum atomic E-state index is -0.803. The molecule has 7 nitrogen and oxygen atoms in total. The van der Waals surface area contributed by atoms with Gasteiger partial charge in [-0.1, -0.05) is 6.08 Å². The van der Waals surface area contributed by atoms with Crippen molar-refractivity contribution in [1.82, 2.24) is 4.90 Å². The average Bonchev–Trinajstić information content (AvgIpc) is 2.71. The van der Waals surface area contributed by atoms with Gasteiger partial charge in [-0.15, -0.1) is 0 Å². The number of carbonyl (C=O) groups excluding carboxylic acids is 2. The summed E-state index contributed by atoms with van der Waals surface area (Å²) >= 11 is 0. The smallest absolute Gasteiger partial charge is 0.458 e. The molecule has 1 amide bonds. The van der Waals surface area contributed by atoms with Crippen molar-refractivity contribution in [3.05, 3.63) is 11.5 Å². The van der Waals surface area contributed by atoms with Crippen molar-refractivity contribution < 1.29 is 28.4 Å². The van der Waals surface area contributed by atoms with Gasteiger partial charge in [0.05, 0.1) is 11.2 Å². The molecule has 0 aromatic rings. The highest BCUT2D eigenvalue weighted by Crippen LogP contribution is 2.40. The van der Waals surface area contributed by atoms with Crippen LogP contribution in [0.1, 0.15) is 75.7 Å². The maximum Gasteiger partial charge on any atom is 0.490 e. The van der Waals surface area contributed by atoms with Crippen LogP contribution in [-0.4, -0.2) is 59.1 Å². The van der Waals surface area contributed by atoms with E-state index >= 15 is 0 Å². The van der Waals surface area contributed by atoms with Crippen LogP contribution in [0, 0.1) is 0 Å². The molecular weight excluding hydrogens is 373 g/mol. The van der Waals surface area contributed by atoms with Crippen LogP contribution in [0.2, 0.25) is 0 Å². The largest absolute Gasteiger partial charge is 0.490 e. The molecule has 1 atom stereocenters. The Hall–Kier alpha value is -1.54. The van der Waals surface area contributed by atoms with Crippen LogP contribution in [0.25, 0.3) is 0 Å². The Labute approximate surface area is 175 Å². The molecule has 0 N–H and O–H groups in total. The molecule has 0 radical (unpaired) electrons. The summed E-state index contributed by atoms with van der Waals surface area (Å²) in [5, 5.41) is 0. The number of rotatable bonds is 2. The highest BCUT2D eigenvalue weighted by atomic mass is 16.7. The zero-order valence-corrected chi connectivity index (χ0v) is 19.5. The van der Waals surface area contributed by atoms with Crippen LogP contribution >= 0.6 is 0 Å². The molecule has 0 saturated carbocycles. The fraction of sp³-hybridized carbons (Fsp3) is 0.810. The van der Waals surface area contributed by atoms with Crippen molar-refractivity contribution in [2.24, 2.45) is 0 Å². The van der Waals surface area contributed by atoms with Gasteiger partial charge in [0.15, 0.2) is 0 Å². The standard InChI is InChI=1S/C21H36BNO6/c1-18(2,3)26-16(24)15-13-14(22-28-20(7,8)21(9,10)29-22)11-12-23(15)17(25)27-19(4,5)6/h11,15H,12-13H2,1-10H3. The van der Waals surface area contributed by atoms with Crippen LogP contribution in [0.15, 0.2) is 11.5 Å². The van der Waals surface area contributed by atoms with E-state index in [1.54, 1.807) is 41.5 Å². The molecule has 8 heteroatoms. The summed E-state index contributed by atoms with van der Waals surface area (Å²) in [7, 11) is -0.564. The molecule has 164 valence electrons. The summed E-state index contributed by atoms with van der Waals surface area (Å²) in [5.74, 6) is -0.467. The lowest BCUT2D eigenvalue weighted by atomic mass is 9.73. The van der Waals surface area contributed by atoms with Crippen LogP contribution in [0.3, 0.4) is 0 Å². The molecule has 0 aromatic carbocycles. The van der Waals surface area contributed by atoms with E-state index in [1.807, 2.05) is 33.8 Å². The minimum Gasteiger partial charge on any atom is -0.458 e. The SMILES string of the molecule is CC(C)(C)OC(=O)C1CC(B2OC(C)(C)C(C)(C)O2)=CCN1C(=O)OC(C)(C)C. The van der Waals surface area contributed by atoms with Gasteiger partial charge in [-0.3, -0.25) is 4.90 Å². The summed E-state index contributed by atoms with van der Waals surface area (Å²) in [6.45, 7) is 18.9. The molecule has 2 rings (SSSR count). The molecule has 29 heavy (non-hydrogen) atoms. The predicted molar refractivity (Wildman–Crippen MR) is 111 cm³/mol. The van der Waals surface area contributed by atoms with Gasteiger partial charge in [0.2, 0.25) is 0 Å². The normalized spacial score (nSPS) is 24.2. The van der Waals surface area contributed by atoms with Crippen molar-refractivity contribution >= 4 is 19.2 Å². The average molecular weight is 409 g/mol. The number of hydrogen-bond donors (Lipinski definition) is 0. The van der Waals surface area contributed by atoms with E-state index in [9.17, 15) is 9.59 Å². The van der Waals surface area contributed by atoms with E-state index in [-0.39, 0.29) is 13.0 Å². The Bertz CT molecular complexity index is 670. The lowest BCUT2D eigenvalue weighted by molar-refractivity contribution is -0.161. The third-order valence-electron chi connectivity index (χ3n) is 5.22. The Kier molecular flexibility index (Phi) is 6.24. The second kappa shape index (κ2) is 7.62. The summed E-state index contributed by atoms with van der Waals surface area (Å²) < 4.78 is 23.3. The van der Waals surface area contributed by atoms with E-state index in [0.29, 0.717) is 0 Å². The van der Waals surface area contributed by atoms with Gasteiger partial charge in [-0.05, 0) is 81.1 Å². The minimum absolute atomic E-state index is 0.220. The van der Waals surface area contributed by atoms with Crippen molar-refractivity contribution in [1.29, 1.82) is 0 Å². The van der Waals surface area contributed by atoms with Gasteiger partial charge in [-0.25, -0.2) is 9.59 Å². The third kappa shape index (κ3) is 5.75. The summed E-state index contributed by atoms with van der Waals surface area (Å²) in [6.07, 6.45) is 1.61. The van der Waals surface area contributed by atoms with Gasteiger partial charge < -0.3 is 18.8 Å². The monoisotopic (exact) mass is 409 g/mol. The first-order valence-corrected chi connectivity index (χ1v) is 10.2. The number of carbonyl (C=O) groups is 2. The first-order chi connectivity index (χ1) is 12.9. The molecule has 1 fully saturated rings. The van der Waals surface area contributed by atoms with Crippen LogP contribution in [0.4, 0.5) is 4.79 Å². The summed E-state index contributed by atoms with van der Waals surface area (Å²) in [5.41, 5.74) is -1.46. The summed E-state index contributed by atoms with van der Waals surface area (Å²) in [4.78, 5) is 27.1.